The molecule has 1 aromatic carbocycles. The van der Waals surface area contributed by atoms with E-state index >= 15 is 0 Å². The number of rotatable bonds is 6. The molecule has 0 fully saturated rings. The summed E-state index contributed by atoms with van der Waals surface area (Å²) in [5.74, 6) is -0.344. The first-order chi connectivity index (χ1) is 10.1. The van der Waals surface area contributed by atoms with Gasteiger partial charge in [0.2, 0.25) is 0 Å². The van der Waals surface area contributed by atoms with Crippen LogP contribution in [0.3, 0.4) is 0 Å². The molecule has 0 saturated heterocycles. The number of nitrogens with one attached hydrogen (secondary N) is 2. The van der Waals surface area contributed by atoms with Gasteiger partial charge in [-0.3, -0.25) is 9.59 Å². The molecule has 1 aromatic rings. The van der Waals surface area contributed by atoms with Gasteiger partial charge < -0.3 is 20.1 Å². The molecule has 0 radical (unpaired) electrons. The summed E-state index contributed by atoms with van der Waals surface area (Å²) in [6, 6.07) is 7.15. The molecular formula is C14H17N3O4. The summed E-state index contributed by atoms with van der Waals surface area (Å²) in [5, 5.41) is 12.9. The lowest BCUT2D eigenvalue weighted by Crippen LogP contribution is -2.40. The maximum atomic E-state index is 11.4. The Morgan fingerprint density at radius 1 is 1.14 bits per heavy atom. The van der Waals surface area contributed by atoms with Crippen LogP contribution in [0, 0.1) is 11.3 Å². The van der Waals surface area contributed by atoms with Crippen LogP contribution in [0.5, 0.6) is 11.5 Å². The SMILES string of the molecule is COc1ccc(CCNC(=O)C(=O)NCC#N)cc1OC. The van der Waals surface area contributed by atoms with Gasteiger partial charge in [0.15, 0.2) is 11.5 Å². The Morgan fingerprint density at radius 2 is 1.81 bits per heavy atom. The molecule has 0 saturated carbocycles. The highest BCUT2D eigenvalue weighted by atomic mass is 16.5. The maximum Gasteiger partial charge on any atom is 0.310 e. The van der Waals surface area contributed by atoms with E-state index in [4.69, 9.17) is 14.7 Å². The average Bonchev–Trinajstić information content (AvgIpc) is 2.52. The minimum Gasteiger partial charge on any atom is -0.493 e. The van der Waals surface area contributed by atoms with Gasteiger partial charge in [-0.25, -0.2) is 0 Å². The van der Waals surface area contributed by atoms with Crippen LogP contribution in [-0.2, 0) is 16.0 Å². The molecule has 1 rings (SSSR count). The van der Waals surface area contributed by atoms with Crippen molar-refractivity contribution in [3.8, 4) is 17.6 Å². The van der Waals surface area contributed by atoms with Crippen molar-refractivity contribution in [1.29, 1.82) is 5.26 Å². The van der Waals surface area contributed by atoms with Crippen molar-refractivity contribution in [3.05, 3.63) is 23.8 Å². The van der Waals surface area contributed by atoms with E-state index in [1.807, 2.05) is 6.07 Å². The van der Waals surface area contributed by atoms with Gasteiger partial charge in [-0.1, -0.05) is 6.07 Å². The molecule has 0 spiro atoms. The second kappa shape index (κ2) is 8.43. The molecule has 0 atom stereocenters. The van der Waals surface area contributed by atoms with E-state index in [0.717, 1.165) is 5.56 Å². The molecule has 21 heavy (non-hydrogen) atoms. The van der Waals surface area contributed by atoms with Gasteiger partial charge in [0.05, 0.1) is 20.3 Å². The maximum absolute atomic E-state index is 11.4. The average molecular weight is 291 g/mol. The minimum atomic E-state index is -0.816. The Labute approximate surface area is 122 Å². The first kappa shape index (κ1) is 16.3. The third-order valence-corrected chi connectivity index (χ3v) is 2.68. The number of methoxy groups -OCH3 is 2. The monoisotopic (exact) mass is 291 g/mol. The highest BCUT2D eigenvalue weighted by molar-refractivity contribution is 6.35. The van der Waals surface area contributed by atoms with Gasteiger partial charge in [-0.15, -0.1) is 0 Å². The highest BCUT2D eigenvalue weighted by Gasteiger charge is 2.12. The fraction of sp³-hybridized carbons (Fsp3) is 0.357. The Balaban J connectivity index is 2.47. The van der Waals surface area contributed by atoms with Crippen LogP contribution in [0.4, 0.5) is 0 Å². The van der Waals surface area contributed by atoms with E-state index in [-0.39, 0.29) is 6.54 Å². The van der Waals surface area contributed by atoms with Crippen molar-refractivity contribution in [2.24, 2.45) is 0 Å². The lowest BCUT2D eigenvalue weighted by atomic mass is 10.1. The van der Waals surface area contributed by atoms with E-state index in [1.54, 1.807) is 32.4 Å². The largest absolute Gasteiger partial charge is 0.493 e. The van der Waals surface area contributed by atoms with Crippen molar-refractivity contribution in [2.45, 2.75) is 6.42 Å². The number of nitrogens with zero attached hydrogens (tertiary/aromatic N) is 1. The van der Waals surface area contributed by atoms with Crippen LogP contribution >= 0.6 is 0 Å². The standard InChI is InChI=1S/C14H17N3O4/c1-20-11-4-3-10(9-12(11)21-2)5-7-16-13(18)14(19)17-8-6-15/h3-4,9H,5,7-8H2,1-2H3,(H,16,18)(H,17,19). The van der Waals surface area contributed by atoms with Crippen molar-refractivity contribution >= 4 is 11.8 Å². The van der Waals surface area contributed by atoms with Crippen LogP contribution in [0.25, 0.3) is 0 Å². The first-order valence-corrected chi connectivity index (χ1v) is 6.26. The molecule has 0 unspecified atom stereocenters. The molecule has 112 valence electrons. The molecule has 2 amide bonds. The van der Waals surface area contributed by atoms with Crippen molar-refractivity contribution < 1.29 is 19.1 Å². The summed E-state index contributed by atoms with van der Waals surface area (Å²) in [7, 11) is 3.10. The molecular weight excluding hydrogens is 274 g/mol. The van der Waals surface area contributed by atoms with Gasteiger partial charge in [-0.05, 0) is 24.1 Å². The number of nitriles is 1. The molecule has 0 aliphatic carbocycles. The fourth-order valence-corrected chi connectivity index (χ4v) is 1.64. The Kier molecular flexibility index (Phi) is 6.54. The summed E-state index contributed by atoms with van der Waals surface area (Å²) >= 11 is 0. The molecule has 0 aliphatic heterocycles. The van der Waals surface area contributed by atoms with E-state index in [0.29, 0.717) is 24.5 Å². The third kappa shape index (κ3) is 5.03. The number of ether oxygens (including phenoxy) is 2. The molecule has 0 aliphatic rings. The zero-order chi connectivity index (χ0) is 15.7. The first-order valence-electron chi connectivity index (χ1n) is 6.26. The number of carbonyl (C=O) groups excluding carboxylic acids is 2. The molecule has 2 N–H and O–H groups in total. The van der Waals surface area contributed by atoms with E-state index in [1.165, 1.54) is 0 Å². The van der Waals surface area contributed by atoms with E-state index in [9.17, 15) is 9.59 Å². The van der Waals surface area contributed by atoms with Crippen molar-refractivity contribution in [3.63, 3.8) is 0 Å². The van der Waals surface area contributed by atoms with Gasteiger partial charge in [0, 0.05) is 6.54 Å². The number of carbonyl (C=O) groups is 2. The third-order valence-electron chi connectivity index (χ3n) is 2.68. The number of amides is 2. The summed E-state index contributed by atoms with van der Waals surface area (Å²) in [6.07, 6.45) is 0.539. The Bertz CT molecular complexity index is 552. The molecule has 7 heteroatoms. The lowest BCUT2D eigenvalue weighted by Gasteiger charge is -2.10. The Hall–Kier alpha value is -2.75. The molecule has 7 nitrogen and oxygen atoms in total. The normalized spacial score (nSPS) is 9.38. The van der Waals surface area contributed by atoms with Crippen molar-refractivity contribution in [2.75, 3.05) is 27.3 Å². The summed E-state index contributed by atoms with van der Waals surface area (Å²) in [5.41, 5.74) is 0.936. The van der Waals surface area contributed by atoms with Gasteiger partial charge in [-0.2, -0.15) is 5.26 Å². The predicted octanol–water partition coefficient (Wildman–Crippen LogP) is 0.00228. The van der Waals surface area contributed by atoms with Gasteiger partial charge in [0.25, 0.3) is 0 Å². The zero-order valence-electron chi connectivity index (χ0n) is 11.9. The smallest absolute Gasteiger partial charge is 0.310 e. The summed E-state index contributed by atoms with van der Waals surface area (Å²) in [6.45, 7) is 0.107. The van der Waals surface area contributed by atoms with E-state index < -0.39 is 11.8 Å². The molecule has 0 aromatic heterocycles. The Morgan fingerprint density at radius 3 is 2.43 bits per heavy atom. The number of benzene rings is 1. The van der Waals surface area contributed by atoms with Crippen LogP contribution in [-0.4, -0.2) is 39.1 Å². The highest BCUT2D eigenvalue weighted by Crippen LogP contribution is 2.27. The van der Waals surface area contributed by atoms with E-state index in [2.05, 4.69) is 10.6 Å². The fourth-order valence-electron chi connectivity index (χ4n) is 1.64. The van der Waals surface area contributed by atoms with Crippen LogP contribution < -0.4 is 20.1 Å². The molecule has 0 heterocycles. The van der Waals surface area contributed by atoms with Gasteiger partial charge >= 0.3 is 11.8 Å². The van der Waals surface area contributed by atoms with Crippen molar-refractivity contribution in [1.82, 2.24) is 10.6 Å². The van der Waals surface area contributed by atoms with Crippen LogP contribution in [0.15, 0.2) is 18.2 Å². The summed E-state index contributed by atoms with van der Waals surface area (Å²) < 4.78 is 10.3. The summed E-state index contributed by atoms with van der Waals surface area (Å²) in [4.78, 5) is 22.6. The second-order valence-corrected chi connectivity index (χ2v) is 4.04. The predicted molar refractivity (Wildman–Crippen MR) is 74.9 cm³/mol. The number of hydrogen-bond acceptors (Lipinski definition) is 5. The zero-order valence-corrected chi connectivity index (χ0v) is 11.9. The van der Waals surface area contributed by atoms with Crippen LogP contribution in [0.2, 0.25) is 0 Å². The molecule has 0 bridgehead atoms. The second-order valence-electron chi connectivity index (χ2n) is 4.04. The van der Waals surface area contributed by atoms with Crippen LogP contribution in [0.1, 0.15) is 5.56 Å². The number of hydrogen-bond donors (Lipinski definition) is 2. The minimum absolute atomic E-state index is 0.193. The lowest BCUT2D eigenvalue weighted by molar-refractivity contribution is -0.139. The van der Waals surface area contributed by atoms with Gasteiger partial charge in [0.1, 0.15) is 6.54 Å². The topological polar surface area (TPSA) is 100 Å². The quantitative estimate of drug-likeness (QED) is 0.567.